The van der Waals surface area contributed by atoms with Crippen molar-refractivity contribution < 1.29 is 24.5 Å². The van der Waals surface area contributed by atoms with Gasteiger partial charge in [0.2, 0.25) is 0 Å². The van der Waals surface area contributed by atoms with Crippen molar-refractivity contribution in [3.8, 4) is 0 Å². The molecule has 0 bridgehead atoms. The van der Waals surface area contributed by atoms with E-state index in [0.717, 1.165) is 17.9 Å². The lowest BCUT2D eigenvalue weighted by Gasteiger charge is -2.36. The highest BCUT2D eigenvalue weighted by Gasteiger charge is 2.40. The fourth-order valence-electron chi connectivity index (χ4n) is 2.35. The Morgan fingerprint density at radius 2 is 2.20 bits per heavy atom. The van der Waals surface area contributed by atoms with E-state index in [1.807, 2.05) is 0 Å². The summed E-state index contributed by atoms with van der Waals surface area (Å²) in [6, 6.07) is 5.58. The number of aliphatic hydroxyl groups excluding tert-OH is 1. The molecule has 1 saturated heterocycles. The van der Waals surface area contributed by atoms with Crippen molar-refractivity contribution in [3.05, 3.63) is 39.9 Å². The Bertz CT molecular complexity index is 502. The van der Waals surface area contributed by atoms with E-state index in [-0.39, 0.29) is 17.7 Å². The van der Waals surface area contributed by atoms with Gasteiger partial charge < -0.3 is 14.7 Å². The molecule has 7 nitrogen and oxygen atoms in total. The number of nitrogens with zero attached hydrogens (tertiary/aromatic N) is 1. The average molecular weight is 281 g/mol. The Balaban J connectivity index is 1.96. The highest BCUT2D eigenvalue weighted by Crippen LogP contribution is 2.17. The number of nitro groups is 1. The maximum atomic E-state index is 11.4. The van der Waals surface area contributed by atoms with Crippen LogP contribution < -0.4 is 4.90 Å². The van der Waals surface area contributed by atoms with Crippen LogP contribution in [0.15, 0.2) is 24.3 Å². The lowest BCUT2D eigenvalue weighted by atomic mass is 10.0. The zero-order valence-corrected chi connectivity index (χ0v) is 11.1. The third-order valence-corrected chi connectivity index (χ3v) is 3.68. The summed E-state index contributed by atoms with van der Waals surface area (Å²) >= 11 is 0. The predicted octanol–water partition coefficient (Wildman–Crippen LogP) is -0.542. The van der Waals surface area contributed by atoms with Crippen molar-refractivity contribution in [2.45, 2.75) is 18.6 Å². The molecular formula is C13H17N2O5+. The number of quaternary nitrogens is 1. The van der Waals surface area contributed by atoms with E-state index in [9.17, 15) is 20.0 Å². The van der Waals surface area contributed by atoms with Crippen molar-refractivity contribution in [1.29, 1.82) is 0 Å². The van der Waals surface area contributed by atoms with Gasteiger partial charge in [-0.3, -0.25) is 10.1 Å². The van der Waals surface area contributed by atoms with Gasteiger partial charge in [-0.15, -0.1) is 0 Å². The molecule has 1 aliphatic rings. The number of nitrogens with one attached hydrogen (secondary N) is 1. The number of non-ortho nitro benzene ring substituents is 1. The SMILES string of the molecule is COC(=O)[C@@H]1CC[NH+]1C[C@H](O)c1ccc([N+](=O)[O-])cc1. The third-order valence-electron chi connectivity index (χ3n) is 3.68. The van der Waals surface area contributed by atoms with Crippen LogP contribution in [0.25, 0.3) is 0 Å². The van der Waals surface area contributed by atoms with E-state index in [0.29, 0.717) is 12.1 Å². The topological polar surface area (TPSA) is 94.1 Å². The van der Waals surface area contributed by atoms with Crippen LogP contribution in [0.2, 0.25) is 0 Å². The summed E-state index contributed by atoms with van der Waals surface area (Å²) < 4.78 is 4.70. The largest absolute Gasteiger partial charge is 0.465 e. The number of hydrogen-bond acceptors (Lipinski definition) is 5. The average Bonchev–Trinajstić information content (AvgIpc) is 2.43. The van der Waals surface area contributed by atoms with Crippen LogP contribution in [0.1, 0.15) is 18.1 Å². The molecule has 7 heteroatoms. The van der Waals surface area contributed by atoms with Crippen molar-refractivity contribution in [1.82, 2.24) is 0 Å². The molecule has 2 N–H and O–H groups in total. The van der Waals surface area contributed by atoms with Crippen molar-refractivity contribution in [2.24, 2.45) is 0 Å². The second-order valence-corrected chi connectivity index (χ2v) is 4.84. The molecule has 1 aromatic rings. The van der Waals surface area contributed by atoms with Crippen LogP contribution in [0.5, 0.6) is 0 Å². The quantitative estimate of drug-likeness (QED) is 0.429. The number of carbonyl (C=O) groups is 1. The maximum Gasteiger partial charge on any atom is 0.364 e. The smallest absolute Gasteiger partial charge is 0.364 e. The fraction of sp³-hybridized carbons (Fsp3) is 0.462. The summed E-state index contributed by atoms with van der Waals surface area (Å²) in [4.78, 5) is 22.5. The van der Waals surface area contributed by atoms with E-state index in [1.54, 1.807) is 0 Å². The lowest BCUT2D eigenvalue weighted by molar-refractivity contribution is -0.960. The van der Waals surface area contributed by atoms with E-state index in [4.69, 9.17) is 4.74 Å². The number of ether oxygens (including phenoxy) is 1. The van der Waals surface area contributed by atoms with Crippen LogP contribution in [0, 0.1) is 10.1 Å². The van der Waals surface area contributed by atoms with E-state index in [2.05, 4.69) is 0 Å². The molecule has 0 aliphatic carbocycles. The maximum absolute atomic E-state index is 11.4. The number of aliphatic hydroxyl groups is 1. The highest BCUT2D eigenvalue weighted by atomic mass is 16.6. The lowest BCUT2D eigenvalue weighted by Crippen LogP contribution is -3.23. The summed E-state index contributed by atoms with van der Waals surface area (Å²) in [5, 5.41) is 20.7. The molecule has 1 aromatic carbocycles. The number of likely N-dealkylation sites (tertiary alicyclic amines) is 1. The molecule has 0 amide bonds. The molecular weight excluding hydrogens is 264 g/mol. The minimum absolute atomic E-state index is 0.00955. The Labute approximate surface area is 115 Å². The molecule has 2 rings (SSSR count). The first-order valence-electron chi connectivity index (χ1n) is 6.37. The van der Waals surface area contributed by atoms with Gasteiger partial charge in [0, 0.05) is 12.1 Å². The molecule has 0 saturated carbocycles. The van der Waals surface area contributed by atoms with Crippen LogP contribution in [-0.2, 0) is 9.53 Å². The number of carbonyl (C=O) groups excluding carboxylic acids is 1. The summed E-state index contributed by atoms with van der Waals surface area (Å²) in [7, 11) is 1.35. The van der Waals surface area contributed by atoms with Crippen LogP contribution in [-0.4, -0.2) is 42.2 Å². The van der Waals surface area contributed by atoms with Gasteiger partial charge in [0.05, 0.1) is 25.0 Å². The Hall–Kier alpha value is -1.99. The first-order chi connectivity index (χ1) is 9.52. The van der Waals surface area contributed by atoms with Gasteiger partial charge in [-0.2, -0.15) is 0 Å². The summed E-state index contributed by atoms with van der Waals surface area (Å²) in [5.74, 6) is -0.262. The highest BCUT2D eigenvalue weighted by molar-refractivity contribution is 5.74. The number of esters is 1. The molecule has 108 valence electrons. The summed E-state index contributed by atoms with van der Waals surface area (Å²) in [6.07, 6.45) is 0.00731. The van der Waals surface area contributed by atoms with E-state index < -0.39 is 11.0 Å². The van der Waals surface area contributed by atoms with Crippen LogP contribution in [0.4, 0.5) is 5.69 Å². The molecule has 3 atom stereocenters. The van der Waals surface area contributed by atoms with Crippen LogP contribution in [0.3, 0.4) is 0 Å². The van der Waals surface area contributed by atoms with Crippen LogP contribution >= 0.6 is 0 Å². The monoisotopic (exact) mass is 281 g/mol. The first kappa shape index (κ1) is 14.4. The zero-order valence-electron chi connectivity index (χ0n) is 11.1. The number of nitro benzene ring substituents is 1. The van der Waals surface area contributed by atoms with Gasteiger partial charge in [0.25, 0.3) is 5.69 Å². The molecule has 1 fully saturated rings. The van der Waals surface area contributed by atoms with Crippen molar-refractivity contribution in [3.63, 3.8) is 0 Å². The second kappa shape index (κ2) is 5.98. The fourth-order valence-corrected chi connectivity index (χ4v) is 2.35. The predicted molar refractivity (Wildman–Crippen MR) is 69.2 cm³/mol. The normalized spacial score (nSPS) is 22.7. The Morgan fingerprint density at radius 3 is 2.65 bits per heavy atom. The number of rotatable bonds is 5. The van der Waals surface area contributed by atoms with Gasteiger partial charge in [0.15, 0.2) is 6.04 Å². The van der Waals surface area contributed by atoms with E-state index >= 15 is 0 Å². The van der Waals surface area contributed by atoms with Gasteiger partial charge >= 0.3 is 5.97 Å². The van der Waals surface area contributed by atoms with Crippen molar-refractivity contribution >= 4 is 11.7 Å². The number of benzene rings is 1. The van der Waals surface area contributed by atoms with E-state index in [1.165, 1.54) is 31.4 Å². The van der Waals surface area contributed by atoms with Gasteiger partial charge in [-0.1, -0.05) is 0 Å². The number of hydrogen-bond donors (Lipinski definition) is 2. The minimum atomic E-state index is -0.752. The molecule has 20 heavy (non-hydrogen) atoms. The molecule has 0 radical (unpaired) electrons. The molecule has 0 spiro atoms. The Morgan fingerprint density at radius 1 is 1.55 bits per heavy atom. The van der Waals surface area contributed by atoms with Crippen molar-refractivity contribution in [2.75, 3.05) is 20.2 Å². The first-order valence-corrected chi connectivity index (χ1v) is 6.37. The molecule has 0 aromatic heterocycles. The minimum Gasteiger partial charge on any atom is -0.465 e. The third kappa shape index (κ3) is 2.94. The second-order valence-electron chi connectivity index (χ2n) is 4.84. The molecule has 1 heterocycles. The van der Waals surface area contributed by atoms with Gasteiger partial charge in [0.1, 0.15) is 12.6 Å². The van der Waals surface area contributed by atoms with Gasteiger partial charge in [-0.25, -0.2) is 4.79 Å². The standard InChI is InChI=1S/C13H16N2O5/c1-20-13(17)11-6-7-14(11)8-12(16)9-2-4-10(5-3-9)15(18)19/h2-5,11-12,16H,6-8H2,1H3/p+1/t11-,12-/m0/s1. The number of methoxy groups -OCH3 is 1. The van der Waals surface area contributed by atoms with Gasteiger partial charge in [-0.05, 0) is 17.7 Å². The Kier molecular flexibility index (Phi) is 4.31. The zero-order chi connectivity index (χ0) is 14.7. The summed E-state index contributed by atoms with van der Waals surface area (Å²) in [5.41, 5.74) is 0.600. The molecule has 1 aliphatic heterocycles. The summed E-state index contributed by atoms with van der Waals surface area (Å²) in [6.45, 7) is 1.20. The molecule has 1 unspecified atom stereocenters.